The molecule has 1 saturated heterocycles. The number of carbonyl (C=O) groups is 1. The summed E-state index contributed by atoms with van der Waals surface area (Å²) in [6.45, 7) is 4.11. The van der Waals surface area contributed by atoms with Crippen LogP contribution in [0.4, 0.5) is 0 Å². The van der Waals surface area contributed by atoms with Gasteiger partial charge in [0.1, 0.15) is 5.78 Å². The molecule has 0 unspecified atom stereocenters. The summed E-state index contributed by atoms with van der Waals surface area (Å²) in [5, 5.41) is 19.6. The first-order chi connectivity index (χ1) is 6.49. The smallest absolute Gasteiger partial charge is 0.138 e. The second kappa shape index (κ2) is 3.02. The van der Waals surface area contributed by atoms with E-state index >= 15 is 0 Å². The normalized spacial score (nSPS) is 52.0. The largest absolute Gasteiger partial charge is 0.390 e. The molecule has 0 radical (unpaired) electrons. The van der Waals surface area contributed by atoms with Crippen molar-refractivity contribution in [3.63, 3.8) is 0 Å². The SMILES string of the molecule is CC(=O)[C@]1(C)[C@@H]2COC[C@@H]2[C@H](O)[C@@H]1O. The Morgan fingerprint density at radius 3 is 2.64 bits per heavy atom. The Bertz CT molecular complexity index is 265. The van der Waals surface area contributed by atoms with Crippen LogP contribution in [0.2, 0.25) is 0 Å². The fourth-order valence-corrected chi connectivity index (χ4v) is 2.80. The number of fused-ring (bicyclic) bond motifs is 1. The lowest BCUT2D eigenvalue weighted by molar-refractivity contribution is -0.136. The standard InChI is InChI=1S/C10H16O4/c1-5(11)10(2)7-4-14-3-6(7)8(12)9(10)13/h6-9,12-13H,3-4H2,1-2H3/t6-,7+,8-,9-,10+/m0/s1. The molecule has 1 aliphatic carbocycles. The third-order valence-electron chi connectivity index (χ3n) is 4.03. The van der Waals surface area contributed by atoms with E-state index in [2.05, 4.69) is 0 Å². The van der Waals surface area contributed by atoms with Crippen LogP contribution in [-0.2, 0) is 9.53 Å². The van der Waals surface area contributed by atoms with E-state index in [-0.39, 0.29) is 17.6 Å². The summed E-state index contributed by atoms with van der Waals surface area (Å²) in [5.41, 5.74) is -0.833. The van der Waals surface area contributed by atoms with Crippen LogP contribution in [0.25, 0.3) is 0 Å². The zero-order valence-electron chi connectivity index (χ0n) is 8.43. The van der Waals surface area contributed by atoms with Gasteiger partial charge in [0.15, 0.2) is 0 Å². The van der Waals surface area contributed by atoms with E-state index < -0.39 is 17.6 Å². The molecule has 0 bridgehead atoms. The summed E-state index contributed by atoms with van der Waals surface area (Å²) in [4.78, 5) is 11.5. The predicted molar refractivity (Wildman–Crippen MR) is 48.6 cm³/mol. The average molecular weight is 200 g/mol. The van der Waals surface area contributed by atoms with Gasteiger partial charge in [-0.3, -0.25) is 4.79 Å². The van der Waals surface area contributed by atoms with Crippen LogP contribution >= 0.6 is 0 Å². The first kappa shape index (κ1) is 10.1. The van der Waals surface area contributed by atoms with Crippen molar-refractivity contribution in [3.05, 3.63) is 0 Å². The molecule has 5 atom stereocenters. The first-order valence-corrected chi connectivity index (χ1v) is 4.94. The van der Waals surface area contributed by atoms with E-state index in [0.29, 0.717) is 13.2 Å². The molecule has 0 aromatic rings. The molecule has 14 heavy (non-hydrogen) atoms. The highest BCUT2D eigenvalue weighted by molar-refractivity contribution is 5.83. The van der Waals surface area contributed by atoms with Gasteiger partial charge in [-0.15, -0.1) is 0 Å². The van der Waals surface area contributed by atoms with Crippen LogP contribution in [0.1, 0.15) is 13.8 Å². The number of rotatable bonds is 1. The van der Waals surface area contributed by atoms with E-state index in [0.717, 1.165) is 0 Å². The summed E-state index contributed by atoms with van der Waals surface area (Å²) >= 11 is 0. The molecular formula is C10H16O4. The van der Waals surface area contributed by atoms with Gasteiger partial charge in [-0.05, 0) is 13.8 Å². The van der Waals surface area contributed by atoms with Crippen molar-refractivity contribution >= 4 is 5.78 Å². The van der Waals surface area contributed by atoms with Crippen molar-refractivity contribution in [3.8, 4) is 0 Å². The topological polar surface area (TPSA) is 66.8 Å². The summed E-state index contributed by atoms with van der Waals surface area (Å²) in [6, 6.07) is 0. The molecule has 1 aliphatic heterocycles. The molecule has 2 N–H and O–H groups in total. The van der Waals surface area contributed by atoms with Crippen LogP contribution in [0.15, 0.2) is 0 Å². The fraction of sp³-hybridized carbons (Fsp3) is 0.900. The highest BCUT2D eigenvalue weighted by atomic mass is 16.5. The Kier molecular flexibility index (Phi) is 2.17. The maximum Gasteiger partial charge on any atom is 0.138 e. The van der Waals surface area contributed by atoms with Gasteiger partial charge in [-0.2, -0.15) is 0 Å². The summed E-state index contributed by atoms with van der Waals surface area (Å²) in [5.74, 6) is -0.189. The van der Waals surface area contributed by atoms with Crippen molar-refractivity contribution < 1.29 is 19.7 Å². The van der Waals surface area contributed by atoms with Gasteiger partial charge in [0.05, 0.1) is 30.8 Å². The van der Waals surface area contributed by atoms with E-state index in [1.165, 1.54) is 6.92 Å². The lowest BCUT2D eigenvalue weighted by Crippen LogP contribution is -2.43. The Hall–Kier alpha value is -0.450. The maximum absolute atomic E-state index is 11.5. The molecule has 80 valence electrons. The monoisotopic (exact) mass is 200 g/mol. The van der Waals surface area contributed by atoms with Gasteiger partial charge in [-0.1, -0.05) is 0 Å². The lowest BCUT2D eigenvalue weighted by atomic mass is 9.74. The lowest BCUT2D eigenvalue weighted by Gasteiger charge is -2.30. The second-order valence-corrected chi connectivity index (χ2v) is 4.58. The first-order valence-electron chi connectivity index (χ1n) is 4.94. The highest BCUT2D eigenvalue weighted by Gasteiger charge is 2.61. The number of ether oxygens (including phenoxy) is 1. The minimum absolute atomic E-state index is 0.0370. The number of hydrogen-bond donors (Lipinski definition) is 2. The van der Waals surface area contributed by atoms with Crippen molar-refractivity contribution in [1.82, 2.24) is 0 Å². The number of carbonyl (C=O) groups excluding carboxylic acids is 1. The molecule has 4 nitrogen and oxygen atoms in total. The molecular weight excluding hydrogens is 184 g/mol. The van der Waals surface area contributed by atoms with Crippen LogP contribution in [-0.4, -0.2) is 41.4 Å². The number of ketones is 1. The van der Waals surface area contributed by atoms with Crippen molar-refractivity contribution in [2.24, 2.45) is 17.3 Å². The van der Waals surface area contributed by atoms with Crippen LogP contribution in [0.5, 0.6) is 0 Å². The van der Waals surface area contributed by atoms with E-state index in [9.17, 15) is 15.0 Å². The number of hydrogen-bond acceptors (Lipinski definition) is 4. The molecule has 2 rings (SSSR count). The maximum atomic E-state index is 11.5. The zero-order valence-corrected chi connectivity index (χ0v) is 8.43. The Labute approximate surface area is 82.9 Å². The Morgan fingerprint density at radius 2 is 2.07 bits per heavy atom. The summed E-state index contributed by atoms with van der Waals surface area (Å²) in [7, 11) is 0. The van der Waals surface area contributed by atoms with Crippen LogP contribution in [0, 0.1) is 17.3 Å². The summed E-state index contributed by atoms with van der Waals surface area (Å²) < 4.78 is 5.25. The van der Waals surface area contributed by atoms with Gasteiger partial charge in [0, 0.05) is 11.8 Å². The molecule has 0 spiro atoms. The van der Waals surface area contributed by atoms with Crippen LogP contribution in [0.3, 0.4) is 0 Å². The fourth-order valence-electron chi connectivity index (χ4n) is 2.80. The van der Waals surface area contributed by atoms with E-state index in [4.69, 9.17) is 4.74 Å². The van der Waals surface area contributed by atoms with Gasteiger partial charge in [-0.25, -0.2) is 0 Å². The van der Waals surface area contributed by atoms with Crippen molar-refractivity contribution in [2.75, 3.05) is 13.2 Å². The quantitative estimate of drug-likeness (QED) is 0.603. The second-order valence-electron chi connectivity index (χ2n) is 4.58. The Morgan fingerprint density at radius 1 is 1.43 bits per heavy atom. The van der Waals surface area contributed by atoms with Crippen LogP contribution < -0.4 is 0 Å². The number of Topliss-reactive ketones (excluding diaryl/α,β-unsaturated/α-hetero) is 1. The minimum Gasteiger partial charge on any atom is -0.390 e. The molecule has 0 aromatic heterocycles. The van der Waals surface area contributed by atoms with Crippen molar-refractivity contribution in [1.29, 1.82) is 0 Å². The summed E-state index contributed by atoms with van der Waals surface area (Å²) in [6.07, 6.45) is -1.77. The van der Waals surface area contributed by atoms with E-state index in [1.807, 2.05) is 0 Å². The van der Waals surface area contributed by atoms with Gasteiger partial charge < -0.3 is 14.9 Å². The average Bonchev–Trinajstić information content (AvgIpc) is 2.67. The number of aliphatic hydroxyl groups excluding tert-OH is 2. The molecule has 4 heteroatoms. The molecule has 1 saturated carbocycles. The molecule has 2 fully saturated rings. The highest BCUT2D eigenvalue weighted by Crippen LogP contribution is 2.50. The number of aliphatic hydroxyl groups is 2. The molecule has 0 amide bonds. The molecule has 2 aliphatic rings. The third-order valence-corrected chi connectivity index (χ3v) is 4.03. The van der Waals surface area contributed by atoms with E-state index in [1.54, 1.807) is 6.92 Å². The third kappa shape index (κ3) is 1.02. The molecule has 1 heterocycles. The van der Waals surface area contributed by atoms with Gasteiger partial charge >= 0.3 is 0 Å². The molecule has 0 aromatic carbocycles. The van der Waals surface area contributed by atoms with Crippen molar-refractivity contribution in [2.45, 2.75) is 26.1 Å². The zero-order chi connectivity index (χ0) is 10.5. The minimum atomic E-state index is -0.945. The predicted octanol–water partition coefficient (Wildman–Crippen LogP) is -0.420. The Balaban J connectivity index is 2.37. The van der Waals surface area contributed by atoms with Gasteiger partial charge in [0.25, 0.3) is 0 Å². The van der Waals surface area contributed by atoms with Gasteiger partial charge in [0.2, 0.25) is 0 Å².